The number of amides is 1. The third-order valence-electron chi connectivity index (χ3n) is 4.24. The van der Waals surface area contributed by atoms with Gasteiger partial charge in [0.25, 0.3) is 0 Å². The molecule has 1 aromatic heterocycles. The van der Waals surface area contributed by atoms with Crippen LogP contribution in [0.4, 0.5) is 4.39 Å². The van der Waals surface area contributed by atoms with E-state index in [4.69, 9.17) is 0 Å². The maximum absolute atomic E-state index is 13.1. The van der Waals surface area contributed by atoms with Crippen LogP contribution in [0.5, 0.6) is 0 Å². The molecule has 0 saturated heterocycles. The molecular formula is C20H21FN2O. The van der Waals surface area contributed by atoms with E-state index < -0.39 is 0 Å². The van der Waals surface area contributed by atoms with Crippen molar-refractivity contribution < 1.29 is 9.18 Å². The van der Waals surface area contributed by atoms with Crippen LogP contribution in [0.15, 0.2) is 54.7 Å². The van der Waals surface area contributed by atoms with Gasteiger partial charge in [-0.3, -0.25) is 4.79 Å². The number of nitrogens with one attached hydrogen (secondary N) is 1. The average Bonchev–Trinajstić information content (AvgIpc) is 3.02. The highest BCUT2D eigenvalue weighted by molar-refractivity contribution is 5.84. The Bertz CT molecular complexity index is 854. The average molecular weight is 324 g/mol. The number of hydrogen-bond donors (Lipinski definition) is 1. The summed E-state index contributed by atoms with van der Waals surface area (Å²) in [5.74, 6) is -0.306. The Kier molecular flexibility index (Phi) is 4.94. The maximum atomic E-state index is 13.1. The number of benzene rings is 2. The van der Waals surface area contributed by atoms with E-state index in [0.717, 1.165) is 12.1 Å². The lowest BCUT2D eigenvalue weighted by molar-refractivity contribution is -0.121. The number of carbonyl (C=O) groups excluding carboxylic acids is 1. The number of nitrogens with zero attached hydrogens (tertiary/aromatic N) is 1. The van der Waals surface area contributed by atoms with Crippen molar-refractivity contribution >= 4 is 16.8 Å². The summed E-state index contributed by atoms with van der Waals surface area (Å²) in [7, 11) is 0. The summed E-state index contributed by atoms with van der Waals surface area (Å²) < 4.78 is 15.3. The summed E-state index contributed by atoms with van der Waals surface area (Å²) in [6, 6.07) is 14.6. The van der Waals surface area contributed by atoms with Crippen molar-refractivity contribution in [2.24, 2.45) is 0 Å². The van der Waals surface area contributed by atoms with Crippen molar-refractivity contribution in [1.82, 2.24) is 9.88 Å². The molecule has 3 nitrogen and oxygen atoms in total. The van der Waals surface area contributed by atoms with Gasteiger partial charge in [0.1, 0.15) is 5.82 Å². The molecule has 1 heterocycles. The third-order valence-corrected chi connectivity index (χ3v) is 4.24. The second-order valence-electron chi connectivity index (χ2n) is 5.86. The summed E-state index contributed by atoms with van der Waals surface area (Å²) in [5.41, 5.74) is 3.15. The van der Waals surface area contributed by atoms with E-state index in [1.54, 1.807) is 12.1 Å². The number of aromatic nitrogens is 1. The highest BCUT2D eigenvalue weighted by Crippen LogP contribution is 2.21. The normalized spacial score (nSPS) is 10.9. The van der Waals surface area contributed by atoms with Gasteiger partial charge in [0, 0.05) is 36.6 Å². The molecule has 0 radical (unpaired) electrons. The lowest BCUT2D eigenvalue weighted by Gasteiger charge is -2.07. The van der Waals surface area contributed by atoms with Gasteiger partial charge >= 0.3 is 0 Å². The Balaban J connectivity index is 1.59. The van der Waals surface area contributed by atoms with Crippen LogP contribution in [-0.4, -0.2) is 10.5 Å². The van der Waals surface area contributed by atoms with Crippen LogP contribution in [0.2, 0.25) is 0 Å². The van der Waals surface area contributed by atoms with Gasteiger partial charge in [0.05, 0.1) is 0 Å². The van der Waals surface area contributed by atoms with E-state index in [9.17, 15) is 9.18 Å². The van der Waals surface area contributed by atoms with Crippen LogP contribution in [0, 0.1) is 5.82 Å². The summed E-state index contributed by atoms with van der Waals surface area (Å²) in [5, 5.41) is 4.06. The van der Waals surface area contributed by atoms with E-state index in [2.05, 4.69) is 41.2 Å². The zero-order valence-corrected chi connectivity index (χ0v) is 13.8. The molecule has 0 fully saturated rings. The number of hydrogen-bond acceptors (Lipinski definition) is 1. The fraction of sp³-hybridized carbons (Fsp3) is 0.250. The van der Waals surface area contributed by atoms with Crippen molar-refractivity contribution in [3.8, 4) is 0 Å². The minimum Gasteiger partial charge on any atom is -0.352 e. The van der Waals surface area contributed by atoms with E-state index in [1.165, 1.54) is 28.6 Å². The zero-order valence-electron chi connectivity index (χ0n) is 13.8. The molecule has 2 aromatic carbocycles. The van der Waals surface area contributed by atoms with Gasteiger partial charge in [-0.05, 0) is 48.7 Å². The van der Waals surface area contributed by atoms with Gasteiger partial charge in [-0.2, -0.15) is 0 Å². The van der Waals surface area contributed by atoms with Gasteiger partial charge in [0.2, 0.25) is 5.91 Å². The SMILES string of the molecule is CCn1ccc2c(CCC(=O)NCc3cccc(F)c3)cccc21. The lowest BCUT2D eigenvalue weighted by atomic mass is 10.0. The molecule has 1 amide bonds. The van der Waals surface area contributed by atoms with Crippen LogP contribution >= 0.6 is 0 Å². The Morgan fingerprint density at radius 2 is 2.00 bits per heavy atom. The molecular weight excluding hydrogens is 303 g/mol. The van der Waals surface area contributed by atoms with Gasteiger partial charge in [-0.25, -0.2) is 4.39 Å². The number of fused-ring (bicyclic) bond motifs is 1. The zero-order chi connectivity index (χ0) is 16.9. The number of carbonyl (C=O) groups is 1. The summed E-state index contributed by atoms with van der Waals surface area (Å²) >= 11 is 0. The smallest absolute Gasteiger partial charge is 0.220 e. The summed E-state index contributed by atoms with van der Waals surface area (Å²) in [6.07, 6.45) is 3.20. The predicted molar refractivity (Wildman–Crippen MR) is 94.2 cm³/mol. The molecule has 0 aliphatic rings. The highest BCUT2D eigenvalue weighted by atomic mass is 19.1. The van der Waals surface area contributed by atoms with E-state index in [-0.39, 0.29) is 11.7 Å². The topological polar surface area (TPSA) is 34.0 Å². The molecule has 3 aromatic rings. The predicted octanol–water partition coefficient (Wildman–Crippen LogP) is 4.05. The van der Waals surface area contributed by atoms with E-state index >= 15 is 0 Å². The standard InChI is InChI=1S/C20H21FN2O/c1-2-23-12-11-18-16(6-4-8-19(18)23)9-10-20(24)22-14-15-5-3-7-17(21)13-15/h3-8,11-13H,2,9-10,14H2,1H3,(H,22,24). The van der Waals surface area contributed by atoms with Crippen LogP contribution in [-0.2, 0) is 24.3 Å². The first kappa shape index (κ1) is 16.2. The second kappa shape index (κ2) is 7.30. The van der Waals surface area contributed by atoms with Crippen LogP contribution < -0.4 is 5.32 Å². The number of aryl methyl sites for hydroxylation is 2. The Hall–Kier alpha value is -2.62. The lowest BCUT2D eigenvalue weighted by Crippen LogP contribution is -2.23. The van der Waals surface area contributed by atoms with Crippen LogP contribution in [0.25, 0.3) is 10.9 Å². The summed E-state index contributed by atoms with van der Waals surface area (Å²) in [4.78, 5) is 12.1. The minimum absolute atomic E-state index is 0.0220. The molecule has 0 atom stereocenters. The van der Waals surface area contributed by atoms with Crippen molar-refractivity contribution in [3.63, 3.8) is 0 Å². The minimum atomic E-state index is -0.283. The van der Waals surface area contributed by atoms with Gasteiger partial charge in [-0.1, -0.05) is 24.3 Å². The molecule has 0 unspecified atom stereocenters. The Morgan fingerprint density at radius 3 is 2.79 bits per heavy atom. The van der Waals surface area contributed by atoms with Crippen LogP contribution in [0.3, 0.4) is 0 Å². The summed E-state index contributed by atoms with van der Waals surface area (Å²) in [6.45, 7) is 3.40. The Morgan fingerprint density at radius 1 is 1.17 bits per heavy atom. The fourth-order valence-corrected chi connectivity index (χ4v) is 2.97. The van der Waals surface area contributed by atoms with E-state index in [1.807, 2.05) is 6.07 Å². The van der Waals surface area contributed by atoms with Gasteiger partial charge in [0.15, 0.2) is 0 Å². The Labute approximate surface area is 141 Å². The molecule has 0 bridgehead atoms. The first-order valence-electron chi connectivity index (χ1n) is 8.25. The molecule has 1 N–H and O–H groups in total. The molecule has 0 saturated carbocycles. The van der Waals surface area contributed by atoms with Crippen LogP contribution in [0.1, 0.15) is 24.5 Å². The molecule has 124 valence electrons. The first-order chi connectivity index (χ1) is 11.7. The molecule has 24 heavy (non-hydrogen) atoms. The molecule has 0 aliphatic heterocycles. The highest BCUT2D eigenvalue weighted by Gasteiger charge is 2.07. The fourth-order valence-electron chi connectivity index (χ4n) is 2.97. The maximum Gasteiger partial charge on any atom is 0.220 e. The second-order valence-corrected chi connectivity index (χ2v) is 5.86. The molecule has 0 spiro atoms. The first-order valence-corrected chi connectivity index (χ1v) is 8.25. The molecule has 4 heteroatoms. The quantitative estimate of drug-likeness (QED) is 0.729. The van der Waals surface area contributed by atoms with E-state index in [0.29, 0.717) is 19.4 Å². The number of rotatable bonds is 6. The van der Waals surface area contributed by atoms with Crippen molar-refractivity contribution in [3.05, 3.63) is 71.7 Å². The molecule has 0 aliphatic carbocycles. The largest absolute Gasteiger partial charge is 0.352 e. The monoisotopic (exact) mass is 324 g/mol. The van der Waals surface area contributed by atoms with Gasteiger partial charge in [-0.15, -0.1) is 0 Å². The molecule has 3 rings (SSSR count). The van der Waals surface area contributed by atoms with Crippen molar-refractivity contribution in [2.45, 2.75) is 32.9 Å². The van der Waals surface area contributed by atoms with Gasteiger partial charge < -0.3 is 9.88 Å². The van der Waals surface area contributed by atoms with Crippen molar-refractivity contribution in [1.29, 1.82) is 0 Å². The van der Waals surface area contributed by atoms with Crippen molar-refractivity contribution in [2.75, 3.05) is 0 Å². The third kappa shape index (κ3) is 3.65. The number of halogens is 1.